The van der Waals surface area contributed by atoms with Crippen molar-refractivity contribution in [3.63, 3.8) is 0 Å². The maximum atomic E-state index is 14.3. The molecule has 0 spiro atoms. The Hall–Kier alpha value is -9.18. The Balaban J connectivity index is 0.736. The van der Waals surface area contributed by atoms with Crippen LogP contribution in [0.5, 0.6) is 0 Å². The fourth-order valence-corrected chi connectivity index (χ4v) is 17.9. The quantitative estimate of drug-likeness (QED) is 0.0130. The summed E-state index contributed by atoms with van der Waals surface area (Å²) < 4.78 is 26.9. The van der Waals surface area contributed by atoms with Crippen LogP contribution in [0.4, 0.5) is 21.4 Å². The van der Waals surface area contributed by atoms with Gasteiger partial charge in [-0.1, -0.05) is 80.1 Å². The van der Waals surface area contributed by atoms with E-state index in [9.17, 15) is 57.9 Å². The van der Waals surface area contributed by atoms with Crippen molar-refractivity contribution in [2.75, 3.05) is 54.1 Å². The Kier molecular flexibility index (Phi) is 21.6. The minimum absolute atomic E-state index is 0.0586. The molecule has 6 aromatic rings. The van der Waals surface area contributed by atoms with Gasteiger partial charge in [-0.05, 0) is 177 Å². The van der Waals surface area contributed by atoms with Crippen molar-refractivity contribution >= 4 is 108 Å². The average Bonchev–Trinajstić information content (AvgIpc) is 0.702. The predicted octanol–water partition coefficient (Wildman–Crippen LogP) is 10.0. The van der Waals surface area contributed by atoms with Crippen LogP contribution in [-0.4, -0.2) is 159 Å². The fourth-order valence-electron chi connectivity index (χ4n) is 16.4. The molecule has 4 aliphatic carbocycles. The number of carbonyl (C=O) groups excluding carboxylic acids is 7. The van der Waals surface area contributed by atoms with Crippen LogP contribution in [0.15, 0.2) is 91.1 Å². The van der Waals surface area contributed by atoms with Gasteiger partial charge in [0.15, 0.2) is 10.8 Å². The van der Waals surface area contributed by atoms with Gasteiger partial charge in [0.05, 0.1) is 28.6 Å². The molecule has 7 amide bonds. The smallest absolute Gasteiger partial charge is 0.410 e. The molecule has 5 heterocycles. The Morgan fingerprint density at radius 1 is 0.820 bits per heavy atom. The van der Waals surface area contributed by atoms with Crippen molar-refractivity contribution in [1.29, 1.82) is 0 Å². The van der Waals surface area contributed by atoms with Crippen molar-refractivity contribution in [3.8, 4) is 11.1 Å². The molecule has 4 fully saturated rings. The number of imide groups is 1. The molecule has 0 saturated heterocycles. The zero-order valence-corrected chi connectivity index (χ0v) is 59.0. The third kappa shape index (κ3) is 16.5. The van der Waals surface area contributed by atoms with Crippen LogP contribution in [0.25, 0.3) is 21.3 Å². The van der Waals surface area contributed by atoms with E-state index in [4.69, 9.17) is 19.6 Å². The van der Waals surface area contributed by atoms with Crippen LogP contribution < -0.4 is 26.2 Å². The number of carboxylic acids is 2. The fraction of sp³-hybridized carbons (Fsp3) is 0.466. The summed E-state index contributed by atoms with van der Waals surface area (Å²) in [6.45, 7) is 14.6. The number of carboxylic acid groups (broad SMARTS) is 2. The maximum Gasteiger partial charge on any atom is 0.410 e. The van der Waals surface area contributed by atoms with Gasteiger partial charge >= 0.3 is 18.0 Å². The van der Waals surface area contributed by atoms with E-state index in [-0.39, 0.29) is 66.3 Å². The number of anilines is 3. The van der Waals surface area contributed by atoms with E-state index in [1.165, 1.54) is 18.3 Å². The minimum Gasteiger partial charge on any atom is -0.481 e. The van der Waals surface area contributed by atoms with Gasteiger partial charge in [0.2, 0.25) is 17.7 Å². The molecule has 6 aliphatic rings. The molecule has 530 valence electrons. The normalized spacial score (nSPS) is 21.4. The average molecular weight is 1410 g/mol. The SMILES string of the molecule is C/C=S(/O)CCN(CCOC12CC3(C)CC(C)(CC(Cn4ncc(-c5ccc(N6CCc7cccc(C(=O)Nc8nc9ccccc9s8)c7C6)nc5C(=O)O)c4C)(C3)C1)C2)C(=O)OCc1ccc(NC(=O)[C@H](C)NC(=O)[C@@H](NC(=O)CN2C(=O)C=CC2=O)C(C)C)cc1CCCCC(=O)O. The number of nitrogens with one attached hydrogen (secondary N) is 4. The van der Waals surface area contributed by atoms with Gasteiger partial charge in [-0.25, -0.2) is 19.6 Å². The summed E-state index contributed by atoms with van der Waals surface area (Å²) in [5.41, 5.74) is 5.84. The second-order valence-corrected chi connectivity index (χ2v) is 31.2. The molecule has 3 aromatic heterocycles. The highest BCUT2D eigenvalue weighted by molar-refractivity contribution is 8.10. The Morgan fingerprint density at radius 3 is 2.28 bits per heavy atom. The molecule has 100 heavy (non-hydrogen) atoms. The summed E-state index contributed by atoms with van der Waals surface area (Å²) >= 11 is 1.41. The first-order valence-corrected chi connectivity index (χ1v) is 36.2. The highest BCUT2D eigenvalue weighted by Crippen LogP contribution is 2.72. The second-order valence-electron chi connectivity index (χ2n) is 28.5. The molecule has 5 atom stereocenters. The number of hydrogen-bond acceptors (Lipinski definition) is 17. The molecule has 3 aromatic carbocycles. The van der Waals surface area contributed by atoms with E-state index in [0.717, 1.165) is 82.6 Å². The van der Waals surface area contributed by atoms with Gasteiger partial charge in [-0.3, -0.25) is 48.5 Å². The summed E-state index contributed by atoms with van der Waals surface area (Å²) in [5.74, 6) is -5.35. The molecule has 27 heteroatoms. The summed E-state index contributed by atoms with van der Waals surface area (Å²) in [6, 6.07) is 19.9. The molecule has 0 radical (unpaired) electrons. The number of para-hydroxylation sites is 1. The van der Waals surface area contributed by atoms with Gasteiger partial charge in [0.25, 0.3) is 17.7 Å². The lowest BCUT2D eigenvalue weighted by atomic mass is 9.39. The lowest BCUT2D eigenvalue weighted by molar-refractivity contribution is -0.248. The summed E-state index contributed by atoms with van der Waals surface area (Å²) in [4.78, 5) is 131. The van der Waals surface area contributed by atoms with Crippen molar-refractivity contribution in [3.05, 3.63) is 130 Å². The highest BCUT2D eigenvalue weighted by atomic mass is 32.2. The van der Waals surface area contributed by atoms with Gasteiger partial charge in [-0.15, -0.1) is 0 Å². The number of aryl methyl sites for hydroxylation is 1. The summed E-state index contributed by atoms with van der Waals surface area (Å²) in [6.07, 6.45) is 10.3. The number of aliphatic carboxylic acids is 1. The lowest BCUT2D eigenvalue weighted by Gasteiger charge is -2.69. The minimum atomic E-state index is -1.17. The maximum absolute atomic E-state index is 14.3. The molecule has 4 bridgehead atoms. The number of nitrogens with zero attached hydrogens (tertiary/aromatic N) is 7. The number of pyridine rings is 1. The Labute approximate surface area is 586 Å². The number of amides is 7. The molecule has 3 unspecified atom stereocenters. The largest absolute Gasteiger partial charge is 0.481 e. The second kappa shape index (κ2) is 29.9. The first kappa shape index (κ1) is 72.1. The molecular weight excluding hydrogens is 1320 g/mol. The van der Waals surface area contributed by atoms with E-state index >= 15 is 0 Å². The molecule has 4 saturated carbocycles. The zero-order chi connectivity index (χ0) is 71.4. The third-order valence-corrected chi connectivity index (χ3v) is 22.1. The van der Waals surface area contributed by atoms with Crippen LogP contribution in [0.2, 0.25) is 0 Å². The van der Waals surface area contributed by atoms with Crippen molar-refractivity contribution in [1.82, 2.24) is 40.2 Å². The van der Waals surface area contributed by atoms with Crippen molar-refractivity contribution in [2.24, 2.45) is 22.2 Å². The summed E-state index contributed by atoms with van der Waals surface area (Å²) in [7, 11) is -1.09. The van der Waals surface area contributed by atoms with E-state index in [1.807, 2.05) is 65.0 Å². The van der Waals surface area contributed by atoms with Crippen LogP contribution in [-0.2, 0) is 70.8 Å². The van der Waals surface area contributed by atoms with E-state index < -0.39 is 88.5 Å². The number of unbranched alkanes of at least 4 members (excludes halogenated alkanes) is 1. The first-order valence-electron chi connectivity index (χ1n) is 33.9. The summed E-state index contributed by atoms with van der Waals surface area (Å²) in [5, 5.41) is 38.3. The number of thiazole rings is 1. The van der Waals surface area contributed by atoms with E-state index in [0.29, 0.717) is 89.8 Å². The monoisotopic (exact) mass is 1410 g/mol. The van der Waals surface area contributed by atoms with Crippen molar-refractivity contribution in [2.45, 2.75) is 156 Å². The molecule has 12 rings (SSSR count). The van der Waals surface area contributed by atoms with Gasteiger partial charge in [0, 0.05) is 85.1 Å². The number of hydrogen-bond donors (Lipinski definition) is 7. The topological polar surface area (TPSA) is 334 Å². The molecule has 7 N–H and O–H groups in total. The number of aromatic nitrogens is 4. The van der Waals surface area contributed by atoms with Crippen molar-refractivity contribution < 1.29 is 67.4 Å². The zero-order valence-electron chi connectivity index (χ0n) is 57.4. The standard InChI is InChI=1S/C73H87N11O14S2/c1-8-100(96)31-29-81(69(95)97-36-49-20-21-50(32-48(49)14-9-12-19-61(88)89)76-64(90)45(4)75-66(92)62(44(2)3)79-58(85)35-83-59(86)24-25-60(83)87)28-30-98-73-40-70(6)37-71(7,41-73)39-72(38-70,42-73)43-84-46(5)53(33-74-84)51-22-23-57(78-63(51)67(93)94)82-27-26-47-15-13-16-52(54(47)34-82)65(91)80-68-77-55-17-10-11-18-56(55)99-68/h8,10-11,13,15-18,20-25,32-33,44-45,62,96H,9,12,14,19,26-31,34-43H2,1-7H3,(H,75,92)(H,76,90)(H,79,85)(H,88,89)(H,93,94)(H,77,80,91)/t45-,62-,70?,71?,72?,73?,100?/m0/s1. The number of carbonyl (C=O) groups is 9. The first-order chi connectivity index (χ1) is 47.6. The molecule has 25 nitrogen and oxygen atoms in total. The van der Waals surface area contributed by atoms with Gasteiger partial charge in [0.1, 0.15) is 31.1 Å². The number of rotatable bonds is 29. The van der Waals surface area contributed by atoms with E-state index in [2.05, 4.69) is 40.1 Å². The number of benzene rings is 3. The molecular formula is C73H87N11O14S2. The number of fused-ring (bicyclic) bond motifs is 2. The van der Waals surface area contributed by atoms with Crippen LogP contribution in [0, 0.1) is 29.1 Å². The third-order valence-electron chi connectivity index (χ3n) is 20.0. The van der Waals surface area contributed by atoms with E-state index in [1.54, 1.807) is 61.5 Å². The van der Waals surface area contributed by atoms with Crippen LogP contribution >= 0.6 is 22.1 Å². The van der Waals surface area contributed by atoms with Crippen LogP contribution in [0.1, 0.15) is 148 Å². The predicted molar refractivity (Wildman–Crippen MR) is 380 cm³/mol. The number of ether oxygens (including phenoxy) is 2. The molecule has 2 aliphatic heterocycles. The van der Waals surface area contributed by atoms with Gasteiger partial charge in [-0.2, -0.15) is 5.10 Å². The Bertz CT molecular complexity index is 4210. The Morgan fingerprint density at radius 2 is 1.57 bits per heavy atom. The van der Waals surface area contributed by atoms with Crippen LogP contribution in [0.3, 0.4) is 0 Å². The highest BCUT2D eigenvalue weighted by Gasteiger charge is 2.66. The number of aromatic carboxylic acids is 1. The van der Waals surface area contributed by atoms with Gasteiger partial charge < -0.3 is 50.0 Å². The lowest BCUT2D eigenvalue weighted by Crippen LogP contribution is -2.64.